The molecule has 3 aromatic rings. The molecule has 5 nitrogen and oxygen atoms in total. The van der Waals surface area contributed by atoms with E-state index in [1.54, 1.807) is 24.3 Å². The number of amides is 1. The van der Waals surface area contributed by atoms with E-state index in [4.69, 9.17) is 0 Å². The molecule has 0 saturated carbocycles. The van der Waals surface area contributed by atoms with Crippen LogP contribution in [-0.2, 0) is 4.79 Å². The predicted molar refractivity (Wildman–Crippen MR) is 95.1 cm³/mol. The first-order chi connectivity index (χ1) is 12.5. The van der Waals surface area contributed by atoms with Gasteiger partial charge < -0.3 is 5.32 Å². The van der Waals surface area contributed by atoms with E-state index in [2.05, 4.69) is 10.3 Å². The number of carbonyl (C=O) groups excluding carboxylic acids is 2. The largest absolute Gasteiger partial charge is 0.326 e. The number of hydrogen-bond acceptors (Lipinski definition) is 4. The molecule has 0 fully saturated rings. The number of halogens is 1. The summed E-state index contributed by atoms with van der Waals surface area (Å²) in [6.07, 6.45) is 0. The molecule has 6 heteroatoms. The number of ketones is 1. The van der Waals surface area contributed by atoms with Crippen molar-refractivity contribution in [2.24, 2.45) is 0 Å². The summed E-state index contributed by atoms with van der Waals surface area (Å²) < 4.78 is 14.2. The summed E-state index contributed by atoms with van der Waals surface area (Å²) in [6, 6.07) is 16.2. The number of Topliss-reactive ketones (excluding diaryl/α,β-unsaturated/α-hetero) is 1. The van der Waals surface area contributed by atoms with E-state index < -0.39 is 17.5 Å². The van der Waals surface area contributed by atoms with Crippen LogP contribution in [-0.4, -0.2) is 16.7 Å². The highest BCUT2D eigenvalue weighted by Gasteiger charge is 2.26. The maximum absolute atomic E-state index is 14.2. The summed E-state index contributed by atoms with van der Waals surface area (Å²) in [7, 11) is 0. The lowest BCUT2D eigenvalue weighted by atomic mass is 9.94. The van der Waals surface area contributed by atoms with E-state index in [1.807, 2.05) is 18.2 Å². The van der Waals surface area contributed by atoms with E-state index in [-0.39, 0.29) is 22.9 Å². The summed E-state index contributed by atoms with van der Waals surface area (Å²) in [6.45, 7) is 1.31. The second-order valence-corrected chi connectivity index (χ2v) is 5.73. The first-order valence-corrected chi connectivity index (χ1v) is 7.86. The molecule has 2 aromatic carbocycles. The summed E-state index contributed by atoms with van der Waals surface area (Å²) >= 11 is 0. The SMILES string of the molecule is CC(=O)Nc1ccc(F)c(C(=O)C(C#N)c2ccc3ccccc3n2)c1. The zero-order valence-electron chi connectivity index (χ0n) is 13.9. The smallest absolute Gasteiger partial charge is 0.221 e. The Morgan fingerprint density at radius 2 is 1.92 bits per heavy atom. The molecule has 0 aliphatic carbocycles. The van der Waals surface area contributed by atoms with Gasteiger partial charge in [-0.1, -0.05) is 24.3 Å². The fourth-order valence-corrected chi connectivity index (χ4v) is 2.65. The normalized spacial score (nSPS) is 11.6. The highest BCUT2D eigenvalue weighted by Crippen LogP contribution is 2.25. The molecule has 1 heterocycles. The third-order valence-electron chi connectivity index (χ3n) is 3.86. The lowest BCUT2D eigenvalue weighted by molar-refractivity contribution is -0.114. The van der Waals surface area contributed by atoms with Crippen LogP contribution in [0.5, 0.6) is 0 Å². The molecule has 1 N–H and O–H groups in total. The van der Waals surface area contributed by atoms with Gasteiger partial charge in [-0.2, -0.15) is 5.26 Å². The monoisotopic (exact) mass is 347 g/mol. The van der Waals surface area contributed by atoms with Crippen molar-refractivity contribution in [2.75, 3.05) is 5.32 Å². The third-order valence-corrected chi connectivity index (χ3v) is 3.86. The van der Waals surface area contributed by atoms with Crippen LogP contribution in [0.4, 0.5) is 10.1 Å². The van der Waals surface area contributed by atoms with E-state index >= 15 is 0 Å². The molecular formula is C20H14FN3O2. The van der Waals surface area contributed by atoms with Crippen LogP contribution in [0.1, 0.15) is 28.9 Å². The van der Waals surface area contributed by atoms with Gasteiger partial charge >= 0.3 is 0 Å². The van der Waals surface area contributed by atoms with Crippen LogP contribution in [0, 0.1) is 17.1 Å². The molecule has 0 saturated heterocycles. The minimum Gasteiger partial charge on any atom is -0.326 e. The van der Waals surface area contributed by atoms with Crippen LogP contribution in [0.3, 0.4) is 0 Å². The summed E-state index contributed by atoms with van der Waals surface area (Å²) in [5.41, 5.74) is 0.911. The van der Waals surface area contributed by atoms with Crippen molar-refractivity contribution in [3.05, 3.63) is 71.7 Å². The van der Waals surface area contributed by atoms with Gasteiger partial charge in [0.2, 0.25) is 5.91 Å². The van der Waals surface area contributed by atoms with Crippen LogP contribution in [0.25, 0.3) is 10.9 Å². The fraction of sp³-hybridized carbons (Fsp3) is 0.100. The zero-order valence-corrected chi connectivity index (χ0v) is 13.9. The molecule has 3 rings (SSSR count). The number of hydrogen-bond donors (Lipinski definition) is 1. The standard InChI is InChI=1S/C20H14FN3O2/c1-12(25)23-14-7-8-17(21)15(10-14)20(26)16(11-22)19-9-6-13-4-2-3-5-18(13)24-19/h2-10,16H,1H3,(H,23,25). The molecule has 0 radical (unpaired) electrons. The number of rotatable bonds is 4. The number of nitrogens with one attached hydrogen (secondary N) is 1. The molecule has 0 bridgehead atoms. The van der Waals surface area contributed by atoms with Gasteiger partial charge in [0.25, 0.3) is 0 Å². The van der Waals surface area contributed by atoms with E-state index in [1.165, 1.54) is 19.1 Å². The van der Waals surface area contributed by atoms with Gasteiger partial charge in [0.15, 0.2) is 11.7 Å². The third kappa shape index (κ3) is 3.42. The second-order valence-electron chi connectivity index (χ2n) is 5.73. The molecule has 1 amide bonds. The molecular weight excluding hydrogens is 333 g/mol. The molecule has 128 valence electrons. The predicted octanol–water partition coefficient (Wildman–Crippen LogP) is 3.82. The number of pyridine rings is 1. The van der Waals surface area contributed by atoms with Crippen molar-refractivity contribution >= 4 is 28.3 Å². The lowest BCUT2D eigenvalue weighted by Gasteiger charge is -2.11. The molecule has 1 unspecified atom stereocenters. The Balaban J connectivity index is 2.01. The van der Waals surface area contributed by atoms with Gasteiger partial charge in [0, 0.05) is 18.0 Å². The van der Waals surface area contributed by atoms with Gasteiger partial charge in [-0.05, 0) is 30.3 Å². The van der Waals surface area contributed by atoms with Crippen molar-refractivity contribution in [1.82, 2.24) is 4.98 Å². The summed E-state index contributed by atoms with van der Waals surface area (Å²) in [5.74, 6) is -3.06. The number of aromatic nitrogens is 1. The van der Waals surface area contributed by atoms with Crippen LogP contribution in [0.2, 0.25) is 0 Å². The second kappa shape index (κ2) is 7.11. The molecule has 1 aromatic heterocycles. The number of nitrogens with zero attached hydrogens (tertiary/aromatic N) is 2. The van der Waals surface area contributed by atoms with Crippen LogP contribution < -0.4 is 5.32 Å². The molecule has 1 atom stereocenters. The number of carbonyl (C=O) groups is 2. The maximum atomic E-state index is 14.2. The fourth-order valence-electron chi connectivity index (χ4n) is 2.65. The quantitative estimate of drug-likeness (QED) is 0.727. The maximum Gasteiger partial charge on any atom is 0.221 e. The van der Waals surface area contributed by atoms with Gasteiger partial charge in [-0.3, -0.25) is 14.6 Å². The Morgan fingerprint density at radius 1 is 1.15 bits per heavy atom. The van der Waals surface area contributed by atoms with Crippen molar-refractivity contribution < 1.29 is 14.0 Å². The zero-order chi connectivity index (χ0) is 18.7. The number of benzene rings is 2. The first-order valence-electron chi connectivity index (χ1n) is 7.86. The number of para-hydroxylation sites is 1. The summed E-state index contributed by atoms with van der Waals surface area (Å²) in [4.78, 5) is 28.3. The van der Waals surface area contributed by atoms with Crippen LogP contribution in [0.15, 0.2) is 54.6 Å². The molecule has 0 aliphatic heterocycles. The minimum atomic E-state index is -1.25. The average molecular weight is 347 g/mol. The Bertz CT molecular complexity index is 1060. The molecule has 26 heavy (non-hydrogen) atoms. The van der Waals surface area contributed by atoms with Gasteiger partial charge in [-0.25, -0.2) is 4.39 Å². The number of anilines is 1. The number of fused-ring (bicyclic) bond motifs is 1. The van der Waals surface area contributed by atoms with Crippen molar-refractivity contribution in [3.63, 3.8) is 0 Å². The first kappa shape index (κ1) is 17.2. The van der Waals surface area contributed by atoms with Crippen molar-refractivity contribution in [3.8, 4) is 6.07 Å². The van der Waals surface area contributed by atoms with Crippen molar-refractivity contribution in [2.45, 2.75) is 12.8 Å². The number of nitriles is 1. The van der Waals surface area contributed by atoms with Gasteiger partial charge in [0.05, 0.1) is 22.8 Å². The van der Waals surface area contributed by atoms with E-state index in [0.29, 0.717) is 5.52 Å². The average Bonchev–Trinajstić information content (AvgIpc) is 2.63. The Labute approximate surface area is 149 Å². The highest BCUT2D eigenvalue weighted by atomic mass is 19.1. The topological polar surface area (TPSA) is 82.9 Å². The minimum absolute atomic E-state index is 0.250. The Morgan fingerprint density at radius 3 is 2.65 bits per heavy atom. The summed E-state index contributed by atoms with van der Waals surface area (Å²) in [5, 5.41) is 12.9. The van der Waals surface area contributed by atoms with Gasteiger partial charge in [0.1, 0.15) is 5.82 Å². The molecule has 0 spiro atoms. The Hall–Kier alpha value is -3.59. The molecule has 0 aliphatic rings. The Kier molecular flexibility index (Phi) is 4.72. The van der Waals surface area contributed by atoms with Gasteiger partial charge in [-0.15, -0.1) is 0 Å². The van der Waals surface area contributed by atoms with Crippen LogP contribution >= 0.6 is 0 Å². The van der Waals surface area contributed by atoms with E-state index in [0.717, 1.165) is 11.5 Å². The highest BCUT2D eigenvalue weighted by molar-refractivity contribution is 6.04. The van der Waals surface area contributed by atoms with E-state index in [9.17, 15) is 19.2 Å². The van der Waals surface area contributed by atoms with Crippen molar-refractivity contribution in [1.29, 1.82) is 5.26 Å². The lowest BCUT2D eigenvalue weighted by Crippen LogP contribution is -2.15.